The number of alkyl halides is 6. The van der Waals surface area contributed by atoms with Crippen LogP contribution in [-0.4, -0.2) is 83.1 Å². The fourth-order valence-electron chi connectivity index (χ4n) is 3.94. The summed E-state index contributed by atoms with van der Waals surface area (Å²) in [6.07, 6.45) is -6.88. The maximum absolute atomic E-state index is 12.4. The molecule has 39 heavy (non-hydrogen) atoms. The van der Waals surface area contributed by atoms with Crippen molar-refractivity contribution in [2.75, 3.05) is 32.8 Å². The Morgan fingerprint density at radius 3 is 2.26 bits per heavy atom. The quantitative estimate of drug-likeness (QED) is 0.455. The minimum atomic E-state index is -5.08. The summed E-state index contributed by atoms with van der Waals surface area (Å²) in [6, 6.07) is 5.77. The van der Waals surface area contributed by atoms with Crippen molar-refractivity contribution >= 4 is 29.2 Å². The molecule has 2 fully saturated rings. The van der Waals surface area contributed by atoms with Crippen LogP contribution in [0, 0.1) is 18.3 Å². The number of nitrogens with zero attached hydrogens (tertiary/aromatic N) is 2. The van der Waals surface area contributed by atoms with Gasteiger partial charge in [0.1, 0.15) is 0 Å². The lowest BCUT2D eigenvalue weighted by atomic mass is 9.81. The number of amides is 1. The SMILES string of the molecule is Cc1ccsc1CN1C[C@@H]2COC[C@]2(CNC(=O)c2cccnc2)C1.O=C(O)C(F)(F)F.O=C(O)C(F)(F)F. The number of thiophene rings is 1. The highest BCUT2D eigenvalue weighted by Gasteiger charge is 2.50. The van der Waals surface area contributed by atoms with Crippen LogP contribution in [0.15, 0.2) is 36.0 Å². The van der Waals surface area contributed by atoms with Crippen LogP contribution in [0.25, 0.3) is 0 Å². The van der Waals surface area contributed by atoms with Gasteiger partial charge in [-0.1, -0.05) is 0 Å². The molecule has 2 saturated heterocycles. The zero-order valence-corrected chi connectivity index (χ0v) is 21.2. The molecule has 4 heterocycles. The molecule has 216 valence electrons. The number of aromatic nitrogens is 1. The summed E-state index contributed by atoms with van der Waals surface area (Å²) in [6.45, 7) is 7.37. The smallest absolute Gasteiger partial charge is 0.475 e. The van der Waals surface area contributed by atoms with Crippen molar-refractivity contribution in [3.8, 4) is 0 Å². The molecule has 0 radical (unpaired) electrons. The lowest BCUT2D eigenvalue weighted by molar-refractivity contribution is -0.193. The van der Waals surface area contributed by atoms with E-state index in [1.54, 1.807) is 24.5 Å². The van der Waals surface area contributed by atoms with E-state index >= 15 is 0 Å². The van der Waals surface area contributed by atoms with Crippen molar-refractivity contribution in [2.45, 2.75) is 25.8 Å². The number of fused-ring (bicyclic) bond motifs is 1. The molecule has 2 aliphatic rings. The van der Waals surface area contributed by atoms with Crippen molar-refractivity contribution in [1.82, 2.24) is 15.2 Å². The Morgan fingerprint density at radius 1 is 1.15 bits per heavy atom. The van der Waals surface area contributed by atoms with Gasteiger partial charge in [-0.25, -0.2) is 9.59 Å². The number of likely N-dealkylation sites (tertiary alicyclic amines) is 1. The topological polar surface area (TPSA) is 129 Å². The molecule has 0 saturated carbocycles. The molecule has 1 amide bonds. The van der Waals surface area contributed by atoms with Crippen LogP contribution in [0.2, 0.25) is 0 Å². The highest BCUT2D eigenvalue weighted by molar-refractivity contribution is 7.10. The van der Waals surface area contributed by atoms with Crippen molar-refractivity contribution in [2.24, 2.45) is 11.3 Å². The Hall–Kier alpha value is -3.24. The molecule has 4 rings (SSSR count). The van der Waals surface area contributed by atoms with E-state index in [4.69, 9.17) is 24.5 Å². The summed E-state index contributed by atoms with van der Waals surface area (Å²) in [7, 11) is 0. The Morgan fingerprint density at radius 2 is 1.77 bits per heavy atom. The van der Waals surface area contributed by atoms with Crippen molar-refractivity contribution in [3.05, 3.63) is 52.0 Å². The average molecular weight is 586 g/mol. The number of pyridine rings is 1. The molecule has 16 heteroatoms. The highest BCUT2D eigenvalue weighted by atomic mass is 32.1. The van der Waals surface area contributed by atoms with Crippen LogP contribution in [0.4, 0.5) is 26.3 Å². The number of hydrogen-bond acceptors (Lipinski definition) is 7. The first-order chi connectivity index (χ1) is 18.0. The predicted molar refractivity (Wildman–Crippen MR) is 125 cm³/mol. The number of aryl methyl sites for hydroxylation is 1. The fourth-order valence-corrected chi connectivity index (χ4v) is 4.89. The van der Waals surface area contributed by atoms with Crippen LogP contribution in [0.3, 0.4) is 0 Å². The molecule has 2 aromatic rings. The second-order valence-electron chi connectivity index (χ2n) is 8.80. The lowest BCUT2D eigenvalue weighted by Gasteiger charge is -2.27. The number of aliphatic carboxylic acids is 2. The molecule has 2 aliphatic heterocycles. The van der Waals surface area contributed by atoms with Crippen molar-refractivity contribution in [3.63, 3.8) is 0 Å². The van der Waals surface area contributed by atoms with Crippen molar-refractivity contribution < 1.29 is 55.7 Å². The highest BCUT2D eigenvalue weighted by Crippen LogP contribution is 2.41. The summed E-state index contributed by atoms with van der Waals surface area (Å²) in [5.74, 6) is -5.08. The number of halogens is 6. The predicted octanol–water partition coefficient (Wildman–Crippen LogP) is 3.60. The standard InChI is InChI=1S/C19H23N3O2S.2C2HF3O2/c1-14-4-6-25-17(14)9-22-8-16-10-24-13-19(16,12-22)11-21-18(23)15-3-2-5-20-7-15;2*3-2(4,5)1(6)7/h2-7,16H,8-13H2,1H3,(H,21,23);2*(H,6,7)/t16-,19+;;/m1../s1. The van der Waals surface area contributed by atoms with E-state index in [0.717, 1.165) is 32.8 Å². The minimum absolute atomic E-state index is 0.0308. The Labute approximate surface area is 222 Å². The number of hydrogen-bond donors (Lipinski definition) is 3. The summed E-state index contributed by atoms with van der Waals surface area (Å²) in [5.41, 5.74) is 2.01. The molecule has 2 atom stereocenters. The third-order valence-corrected chi connectivity index (χ3v) is 6.94. The number of rotatable bonds is 5. The molecule has 9 nitrogen and oxygen atoms in total. The molecule has 3 N–H and O–H groups in total. The third-order valence-electron chi connectivity index (χ3n) is 5.94. The van der Waals surface area contributed by atoms with Gasteiger partial charge in [0.05, 0.1) is 18.8 Å². The second kappa shape index (κ2) is 13.2. The van der Waals surface area contributed by atoms with Gasteiger partial charge >= 0.3 is 24.3 Å². The van der Waals surface area contributed by atoms with E-state index < -0.39 is 24.3 Å². The van der Waals surface area contributed by atoms with E-state index in [-0.39, 0.29) is 11.3 Å². The molecular weight excluding hydrogens is 560 g/mol. The number of carboxylic acid groups (broad SMARTS) is 2. The van der Waals surface area contributed by atoms with Gasteiger partial charge in [-0.15, -0.1) is 11.3 Å². The minimum Gasteiger partial charge on any atom is -0.475 e. The van der Waals surface area contributed by atoms with Crippen molar-refractivity contribution in [1.29, 1.82) is 0 Å². The van der Waals surface area contributed by atoms with E-state index in [9.17, 15) is 31.1 Å². The monoisotopic (exact) mass is 585 g/mol. The fraction of sp³-hybridized carbons (Fsp3) is 0.478. The first-order valence-electron chi connectivity index (χ1n) is 11.2. The van der Waals surface area contributed by atoms with Gasteiger partial charge in [-0.2, -0.15) is 26.3 Å². The second-order valence-corrected chi connectivity index (χ2v) is 9.80. The van der Waals surface area contributed by atoms with Gasteiger partial charge in [0, 0.05) is 54.8 Å². The Balaban J connectivity index is 0.000000317. The van der Waals surface area contributed by atoms with Crippen LogP contribution in [0.1, 0.15) is 20.8 Å². The molecule has 0 aliphatic carbocycles. The molecule has 0 unspecified atom stereocenters. The largest absolute Gasteiger partial charge is 0.490 e. The van der Waals surface area contributed by atoms with Gasteiger partial charge in [-0.05, 0) is 36.1 Å². The number of ether oxygens (including phenoxy) is 1. The third kappa shape index (κ3) is 9.47. The number of carbonyl (C=O) groups excluding carboxylic acids is 1. The summed E-state index contributed by atoms with van der Waals surface area (Å²) >= 11 is 1.83. The first kappa shape index (κ1) is 32.0. The molecule has 2 aromatic heterocycles. The Bertz CT molecular complexity index is 1100. The zero-order valence-electron chi connectivity index (χ0n) is 20.4. The van der Waals surface area contributed by atoms with Gasteiger partial charge in [0.2, 0.25) is 0 Å². The van der Waals surface area contributed by atoms with E-state index in [2.05, 4.69) is 33.6 Å². The average Bonchev–Trinajstić information content (AvgIpc) is 3.52. The maximum atomic E-state index is 12.4. The van der Waals surface area contributed by atoms with E-state index in [0.29, 0.717) is 18.0 Å². The molecule has 0 aromatic carbocycles. The molecule has 0 spiro atoms. The summed E-state index contributed by atoms with van der Waals surface area (Å²) in [4.78, 5) is 38.1. The molecular formula is C23H25F6N3O6S. The van der Waals surface area contributed by atoms with E-state index in [1.165, 1.54) is 10.4 Å². The number of nitrogens with one attached hydrogen (secondary N) is 1. The van der Waals surface area contributed by atoms with Gasteiger partial charge in [0.15, 0.2) is 0 Å². The summed E-state index contributed by atoms with van der Waals surface area (Å²) < 4.78 is 69.2. The van der Waals surface area contributed by atoms with Gasteiger partial charge in [0.25, 0.3) is 5.91 Å². The Kier molecular flexibility index (Phi) is 10.8. The van der Waals surface area contributed by atoms with Gasteiger partial charge in [-0.3, -0.25) is 14.7 Å². The van der Waals surface area contributed by atoms with Crippen LogP contribution < -0.4 is 5.32 Å². The van der Waals surface area contributed by atoms with Gasteiger partial charge < -0.3 is 20.3 Å². The zero-order chi connectivity index (χ0) is 29.4. The van der Waals surface area contributed by atoms with Crippen LogP contribution in [0.5, 0.6) is 0 Å². The number of carbonyl (C=O) groups is 3. The van der Waals surface area contributed by atoms with E-state index in [1.807, 2.05) is 11.3 Å². The summed E-state index contributed by atoms with van der Waals surface area (Å²) in [5, 5.41) is 19.5. The van der Waals surface area contributed by atoms with Crippen LogP contribution >= 0.6 is 11.3 Å². The first-order valence-corrected chi connectivity index (χ1v) is 12.0. The lowest BCUT2D eigenvalue weighted by Crippen LogP contribution is -2.43. The normalized spacial score (nSPS) is 20.6. The molecule has 0 bridgehead atoms. The van der Waals surface area contributed by atoms with Crippen LogP contribution in [-0.2, 0) is 20.9 Å². The number of carboxylic acids is 2. The maximum Gasteiger partial charge on any atom is 0.490 e.